The molecule has 1 aliphatic heterocycles. The number of rotatable bonds is 2. The predicted molar refractivity (Wildman–Crippen MR) is 88.9 cm³/mol. The number of benzene rings is 2. The minimum Gasteiger partial charge on any atom is -0.292 e. The zero-order valence-corrected chi connectivity index (χ0v) is 12.3. The van der Waals surface area contributed by atoms with Crippen molar-refractivity contribution in [2.75, 3.05) is 6.54 Å². The maximum atomic E-state index is 4.60. The molecule has 2 heterocycles. The van der Waals surface area contributed by atoms with E-state index < -0.39 is 0 Å². The van der Waals surface area contributed by atoms with Crippen LogP contribution in [0.2, 0.25) is 0 Å². The first-order chi connectivity index (χ1) is 10.4. The maximum Gasteiger partial charge on any atom is 0.125 e. The van der Waals surface area contributed by atoms with Gasteiger partial charge in [-0.15, -0.1) is 0 Å². The minimum atomic E-state index is 0.0972. The summed E-state index contributed by atoms with van der Waals surface area (Å²) in [5.74, 6) is 0. The Bertz CT molecular complexity index is 789. The van der Waals surface area contributed by atoms with Crippen molar-refractivity contribution in [2.24, 2.45) is 4.99 Å². The third kappa shape index (κ3) is 2.37. The van der Waals surface area contributed by atoms with Crippen LogP contribution in [-0.2, 0) is 0 Å². The first kappa shape index (κ1) is 12.7. The van der Waals surface area contributed by atoms with E-state index in [9.17, 15) is 0 Å². The molecule has 0 fully saturated rings. The van der Waals surface area contributed by atoms with Crippen molar-refractivity contribution >= 4 is 27.8 Å². The van der Waals surface area contributed by atoms with E-state index in [-0.39, 0.29) is 6.17 Å². The van der Waals surface area contributed by atoms with Gasteiger partial charge in [0.2, 0.25) is 0 Å². The van der Waals surface area contributed by atoms with Gasteiger partial charge in [-0.3, -0.25) is 10.3 Å². The fourth-order valence-corrected chi connectivity index (χ4v) is 3.43. The van der Waals surface area contributed by atoms with Crippen molar-refractivity contribution < 1.29 is 0 Å². The van der Waals surface area contributed by atoms with Gasteiger partial charge in [-0.2, -0.15) is 4.37 Å². The molecule has 4 heteroatoms. The smallest absolute Gasteiger partial charge is 0.125 e. The highest BCUT2D eigenvalue weighted by atomic mass is 32.1. The Balaban J connectivity index is 1.70. The van der Waals surface area contributed by atoms with Crippen LogP contribution in [0.25, 0.3) is 21.3 Å². The normalized spacial score (nSPS) is 18.2. The second kappa shape index (κ2) is 5.39. The van der Waals surface area contributed by atoms with Gasteiger partial charge in [-0.1, -0.05) is 42.5 Å². The van der Waals surface area contributed by atoms with Crippen molar-refractivity contribution in [3.63, 3.8) is 0 Å². The Hall–Kier alpha value is -2.04. The van der Waals surface area contributed by atoms with Gasteiger partial charge in [-0.05, 0) is 29.6 Å². The van der Waals surface area contributed by atoms with Gasteiger partial charge in [0.15, 0.2) is 0 Å². The lowest BCUT2D eigenvalue weighted by atomic mass is 10.0. The highest BCUT2D eigenvalue weighted by Gasteiger charge is 2.12. The molecule has 1 unspecified atom stereocenters. The van der Waals surface area contributed by atoms with E-state index in [2.05, 4.69) is 63.2 Å². The zero-order chi connectivity index (χ0) is 14.1. The summed E-state index contributed by atoms with van der Waals surface area (Å²) in [5.41, 5.74) is 3.44. The number of hydrogen-bond donors (Lipinski definition) is 1. The number of hydrogen-bond acceptors (Lipinski definition) is 4. The summed E-state index contributed by atoms with van der Waals surface area (Å²) in [5, 5.41) is 4.63. The van der Waals surface area contributed by atoms with Crippen LogP contribution in [0, 0.1) is 0 Å². The summed E-state index contributed by atoms with van der Waals surface area (Å²) in [7, 11) is 0. The Kier molecular flexibility index (Phi) is 3.25. The van der Waals surface area contributed by atoms with Crippen molar-refractivity contribution in [3.05, 3.63) is 54.1 Å². The predicted octanol–water partition coefficient (Wildman–Crippen LogP) is 4.03. The van der Waals surface area contributed by atoms with Crippen LogP contribution in [-0.4, -0.2) is 17.1 Å². The van der Waals surface area contributed by atoms with Crippen molar-refractivity contribution in [1.82, 2.24) is 9.69 Å². The zero-order valence-electron chi connectivity index (χ0n) is 11.5. The van der Waals surface area contributed by atoms with Crippen LogP contribution in [0.3, 0.4) is 0 Å². The molecule has 0 bridgehead atoms. The molecule has 0 amide bonds. The number of fused-ring (bicyclic) bond motifs is 1. The van der Waals surface area contributed by atoms with E-state index in [1.54, 1.807) is 11.5 Å². The fourth-order valence-electron chi connectivity index (χ4n) is 2.64. The van der Waals surface area contributed by atoms with Gasteiger partial charge in [0, 0.05) is 23.7 Å². The van der Waals surface area contributed by atoms with Crippen LogP contribution >= 0.6 is 11.5 Å². The van der Waals surface area contributed by atoms with Crippen LogP contribution in [0.1, 0.15) is 18.2 Å². The molecule has 1 N–H and O–H groups in total. The molecular weight excluding hydrogens is 278 g/mol. The Morgan fingerprint density at radius 2 is 1.90 bits per heavy atom. The van der Waals surface area contributed by atoms with E-state index in [0.717, 1.165) is 24.2 Å². The van der Waals surface area contributed by atoms with E-state index in [4.69, 9.17) is 0 Å². The molecule has 0 saturated carbocycles. The fraction of sp³-hybridized carbons (Fsp3) is 0.176. The minimum absolute atomic E-state index is 0.0972. The van der Waals surface area contributed by atoms with Crippen LogP contribution in [0.5, 0.6) is 0 Å². The van der Waals surface area contributed by atoms with Crippen LogP contribution in [0.4, 0.5) is 0 Å². The summed E-state index contributed by atoms with van der Waals surface area (Å²) in [6.45, 7) is 0.993. The third-order valence-corrected chi connectivity index (χ3v) is 4.57. The van der Waals surface area contributed by atoms with Gasteiger partial charge in [0.05, 0.1) is 10.4 Å². The number of nitrogens with zero attached hydrogens (tertiary/aromatic N) is 2. The quantitative estimate of drug-likeness (QED) is 0.774. The van der Waals surface area contributed by atoms with Gasteiger partial charge >= 0.3 is 0 Å². The van der Waals surface area contributed by atoms with Crippen molar-refractivity contribution in [2.45, 2.75) is 12.6 Å². The lowest BCUT2D eigenvalue weighted by Gasteiger charge is -2.18. The van der Waals surface area contributed by atoms with E-state index >= 15 is 0 Å². The molecule has 0 aliphatic carbocycles. The number of aliphatic imine (C=N–C) groups is 1. The molecular formula is C17H15N3S. The Morgan fingerprint density at radius 3 is 2.71 bits per heavy atom. The second-order valence-electron chi connectivity index (χ2n) is 5.13. The molecule has 2 aromatic carbocycles. The molecule has 21 heavy (non-hydrogen) atoms. The summed E-state index contributed by atoms with van der Waals surface area (Å²) in [6.07, 6.45) is 3.11. The topological polar surface area (TPSA) is 37.3 Å². The third-order valence-electron chi connectivity index (χ3n) is 3.74. The molecule has 0 spiro atoms. The first-order valence-corrected chi connectivity index (χ1v) is 7.89. The highest BCUT2D eigenvalue weighted by Crippen LogP contribution is 2.31. The first-order valence-electron chi connectivity index (χ1n) is 7.11. The van der Waals surface area contributed by atoms with E-state index in [0.29, 0.717) is 0 Å². The molecule has 0 saturated heterocycles. The highest BCUT2D eigenvalue weighted by molar-refractivity contribution is 7.13. The molecule has 104 valence electrons. The van der Waals surface area contributed by atoms with Crippen LogP contribution in [0.15, 0.2) is 53.5 Å². The van der Waals surface area contributed by atoms with Gasteiger partial charge in [0.25, 0.3) is 0 Å². The summed E-state index contributed by atoms with van der Waals surface area (Å²) < 4.78 is 5.84. The van der Waals surface area contributed by atoms with Crippen molar-refractivity contribution in [3.8, 4) is 11.3 Å². The standard InChI is InChI=1S/C17H15N3S/c1-2-5-15-14(4-1)16(20-21-15)12-6-8-13(9-7-12)17-18-10-3-11-19-17/h1-2,4-10,17,19H,3,11H2. The SMILES string of the molecule is C1=NC(c2ccc(-c3nsc4ccccc34)cc2)NCC1. The van der Waals surface area contributed by atoms with E-state index in [1.165, 1.54) is 15.6 Å². The molecule has 4 rings (SSSR count). The van der Waals surface area contributed by atoms with E-state index in [1.807, 2.05) is 6.21 Å². The maximum absolute atomic E-state index is 4.60. The number of aromatic nitrogens is 1. The van der Waals surface area contributed by atoms with Crippen molar-refractivity contribution in [1.29, 1.82) is 0 Å². The Labute approximate surface area is 127 Å². The second-order valence-corrected chi connectivity index (χ2v) is 5.93. The molecule has 3 nitrogen and oxygen atoms in total. The molecule has 3 aromatic rings. The lowest BCUT2D eigenvalue weighted by Crippen LogP contribution is -2.24. The molecule has 1 atom stereocenters. The average molecular weight is 293 g/mol. The average Bonchev–Trinajstić information content (AvgIpc) is 3.00. The monoisotopic (exact) mass is 293 g/mol. The molecule has 1 aliphatic rings. The summed E-state index contributed by atoms with van der Waals surface area (Å²) >= 11 is 1.56. The Morgan fingerprint density at radius 1 is 1.05 bits per heavy atom. The van der Waals surface area contributed by atoms with Gasteiger partial charge < -0.3 is 0 Å². The summed E-state index contributed by atoms with van der Waals surface area (Å²) in [6, 6.07) is 16.9. The summed E-state index contributed by atoms with van der Waals surface area (Å²) in [4.78, 5) is 4.49. The number of nitrogens with one attached hydrogen (secondary N) is 1. The van der Waals surface area contributed by atoms with Gasteiger partial charge in [-0.25, -0.2) is 0 Å². The lowest BCUT2D eigenvalue weighted by molar-refractivity contribution is 0.547. The van der Waals surface area contributed by atoms with Crippen LogP contribution < -0.4 is 5.32 Å². The largest absolute Gasteiger partial charge is 0.292 e. The molecule has 1 aromatic heterocycles. The van der Waals surface area contributed by atoms with Gasteiger partial charge in [0.1, 0.15) is 6.17 Å². The molecule has 0 radical (unpaired) electrons.